The van der Waals surface area contributed by atoms with Crippen molar-refractivity contribution in [2.24, 2.45) is 0 Å². The van der Waals surface area contributed by atoms with Gasteiger partial charge in [0.05, 0.1) is 5.52 Å². The molecule has 3 aromatic rings. The van der Waals surface area contributed by atoms with E-state index in [1.807, 2.05) is 12.1 Å². The molecule has 3 nitrogen and oxygen atoms in total. The minimum atomic E-state index is 0.312. The van der Waals surface area contributed by atoms with Gasteiger partial charge in [0.25, 0.3) is 0 Å². The molecule has 1 unspecified atom stereocenters. The normalized spacial score (nSPS) is 20.3. The summed E-state index contributed by atoms with van der Waals surface area (Å²) in [5.41, 5.74) is 6.70. The van der Waals surface area contributed by atoms with Gasteiger partial charge in [0.1, 0.15) is 5.75 Å². The van der Waals surface area contributed by atoms with Crippen molar-refractivity contribution in [2.75, 3.05) is 13.1 Å². The minimum absolute atomic E-state index is 0.312. The highest BCUT2D eigenvalue weighted by molar-refractivity contribution is 5.90. The Morgan fingerprint density at radius 3 is 2.73 bits per heavy atom. The third kappa shape index (κ3) is 2.38. The van der Waals surface area contributed by atoms with Gasteiger partial charge in [-0.15, -0.1) is 0 Å². The molecule has 2 aliphatic rings. The summed E-state index contributed by atoms with van der Waals surface area (Å²) in [6.45, 7) is 4.56. The third-order valence-corrected chi connectivity index (χ3v) is 6.03. The van der Waals surface area contributed by atoms with Gasteiger partial charge in [-0.3, -0.25) is 4.90 Å². The molecule has 0 amide bonds. The second-order valence-corrected chi connectivity index (χ2v) is 7.55. The number of phenolic OH excluding ortho intramolecular Hbond substituents is 1. The third-order valence-electron chi connectivity index (χ3n) is 6.03. The average molecular weight is 344 g/mol. The van der Waals surface area contributed by atoms with Crippen molar-refractivity contribution in [3.8, 4) is 5.75 Å². The van der Waals surface area contributed by atoms with Gasteiger partial charge in [-0.1, -0.05) is 30.3 Å². The van der Waals surface area contributed by atoms with Crippen molar-refractivity contribution in [3.05, 3.63) is 65.4 Å². The van der Waals surface area contributed by atoms with Crippen LogP contribution in [0.2, 0.25) is 0 Å². The molecule has 0 spiro atoms. The number of rotatable bonds is 2. The van der Waals surface area contributed by atoms with Crippen LogP contribution in [0.4, 0.5) is 0 Å². The fourth-order valence-corrected chi connectivity index (χ4v) is 4.78. The molecule has 0 radical (unpaired) electrons. The summed E-state index contributed by atoms with van der Waals surface area (Å²) in [5.74, 6) is 0.312. The molecule has 3 heterocycles. The molecule has 1 fully saturated rings. The molecular weight excluding hydrogens is 320 g/mol. The van der Waals surface area contributed by atoms with Crippen LogP contribution in [0, 0.1) is 0 Å². The van der Waals surface area contributed by atoms with Crippen molar-refractivity contribution in [3.63, 3.8) is 0 Å². The Balaban J connectivity index is 1.69. The Morgan fingerprint density at radius 2 is 1.88 bits per heavy atom. The molecule has 0 bridgehead atoms. The number of para-hydroxylation sites is 1. The zero-order valence-corrected chi connectivity index (χ0v) is 15.2. The molecular formula is C23H24N2O. The van der Waals surface area contributed by atoms with Crippen LogP contribution >= 0.6 is 0 Å². The smallest absolute Gasteiger partial charge is 0.115 e. The molecule has 2 aromatic carbocycles. The average Bonchev–Trinajstić information content (AvgIpc) is 3.25. The first-order chi connectivity index (χ1) is 12.7. The van der Waals surface area contributed by atoms with Crippen LogP contribution < -0.4 is 0 Å². The molecule has 1 atom stereocenters. The SMILES string of the molecule is CC(=Cn1c2c(c3ccccc31)C1CCCN1CC2)c1ccc(O)cc1. The van der Waals surface area contributed by atoms with Crippen LogP contribution in [0.25, 0.3) is 22.7 Å². The highest BCUT2D eigenvalue weighted by atomic mass is 16.3. The molecule has 1 saturated heterocycles. The lowest BCUT2D eigenvalue weighted by Crippen LogP contribution is -2.31. The molecule has 0 saturated carbocycles. The second-order valence-electron chi connectivity index (χ2n) is 7.55. The number of phenols is 1. The molecule has 5 rings (SSSR count). The Bertz CT molecular complexity index is 997. The molecule has 1 aromatic heterocycles. The van der Waals surface area contributed by atoms with Gasteiger partial charge in [0, 0.05) is 36.3 Å². The number of nitrogens with zero attached hydrogens (tertiary/aromatic N) is 2. The molecule has 0 aliphatic carbocycles. The van der Waals surface area contributed by atoms with Crippen LogP contribution in [0.5, 0.6) is 5.75 Å². The van der Waals surface area contributed by atoms with Crippen molar-refractivity contribution in [2.45, 2.75) is 32.2 Å². The summed E-state index contributed by atoms with van der Waals surface area (Å²) < 4.78 is 2.42. The standard InChI is InChI=1S/C23H24N2O/c1-16(17-8-10-18(26)11-9-17)15-25-20-6-3-2-5-19(20)23-21-7-4-13-24(21)14-12-22(23)25/h2-3,5-6,8-11,15,21,26H,4,7,12-14H2,1H3. The summed E-state index contributed by atoms with van der Waals surface area (Å²) in [6.07, 6.45) is 5.98. The number of hydrogen-bond donors (Lipinski definition) is 1. The summed E-state index contributed by atoms with van der Waals surface area (Å²) in [5, 5.41) is 11.0. The highest BCUT2D eigenvalue weighted by Gasteiger charge is 2.34. The van der Waals surface area contributed by atoms with Gasteiger partial charge < -0.3 is 9.67 Å². The van der Waals surface area contributed by atoms with E-state index in [0.29, 0.717) is 11.8 Å². The van der Waals surface area contributed by atoms with E-state index in [1.54, 1.807) is 17.7 Å². The predicted molar refractivity (Wildman–Crippen MR) is 107 cm³/mol. The lowest BCUT2D eigenvalue weighted by atomic mass is 9.96. The first-order valence-electron chi connectivity index (χ1n) is 9.56. The lowest BCUT2D eigenvalue weighted by Gasteiger charge is -2.30. The second kappa shape index (κ2) is 6.03. The molecule has 1 N–H and O–H groups in total. The van der Waals surface area contributed by atoms with Crippen molar-refractivity contribution < 1.29 is 5.11 Å². The lowest BCUT2D eigenvalue weighted by molar-refractivity contribution is 0.243. The minimum Gasteiger partial charge on any atom is -0.508 e. The Labute approximate surface area is 154 Å². The molecule has 3 heteroatoms. The summed E-state index contributed by atoms with van der Waals surface area (Å²) in [4.78, 5) is 2.66. The summed E-state index contributed by atoms with van der Waals surface area (Å²) in [6, 6.07) is 16.9. The number of benzene rings is 2. The van der Waals surface area contributed by atoms with E-state index < -0.39 is 0 Å². The number of aromatic nitrogens is 1. The molecule has 26 heavy (non-hydrogen) atoms. The van der Waals surface area contributed by atoms with Crippen molar-refractivity contribution in [1.82, 2.24) is 9.47 Å². The van der Waals surface area contributed by atoms with E-state index >= 15 is 0 Å². The van der Waals surface area contributed by atoms with Crippen molar-refractivity contribution >= 4 is 22.7 Å². The largest absolute Gasteiger partial charge is 0.508 e. The van der Waals surface area contributed by atoms with Crippen LogP contribution in [0.3, 0.4) is 0 Å². The Morgan fingerprint density at radius 1 is 1.08 bits per heavy atom. The van der Waals surface area contributed by atoms with E-state index in [1.165, 1.54) is 48.1 Å². The van der Waals surface area contributed by atoms with Gasteiger partial charge in [-0.05, 0) is 61.2 Å². The first kappa shape index (κ1) is 15.7. The van der Waals surface area contributed by atoms with Crippen LogP contribution in [-0.4, -0.2) is 27.7 Å². The maximum atomic E-state index is 9.55. The zero-order chi connectivity index (χ0) is 17.7. The van der Waals surface area contributed by atoms with Gasteiger partial charge >= 0.3 is 0 Å². The Kier molecular flexibility index (Phi) is 3.64. The van der Waals surface area contributed by atoms with Crippen LogP contribution in [0.1, 0.15) is 42.6 Å². The number of hydrogen-bond acceptors (Lipinski definition) is 2. The van der Waals surface area contributed by atoms with Gasteiger partial charge in [-0.2, -0.15) is 0 Å². The van der Waals surface area contributed by atoms with Crippen molar-refractivity contribution in [1.29, 1.82) is 0 Å². The van der Waals surface area contributed by atoms with E-state index in [2.05, 4.69) is 46.9 Å². The van der Waals surface area contributed by atoms with Gasteiger partial charge in [0.15, 0.2) is 0 Å². The van der Waals surface area contributed by atoms with E-state index in [0.717, 1.165) is 12.0 Å². The topological polar surface area (TPSA) is 28.4 Å². The number of allylic oxidation sites excluding steroid dienone is 1. The zero-order valence-electron chi connectivity index (χ0n) is 15.2. The quantitative estimate of drug-likeness (QED) is 0.704. The fourth-order valence-electron chi connectivity index (χ4n) is 4.78. The molecule has 132 valence electrons. The predicted octanol–water partition coefficient (Wildman–Crippen LogP) is 5.06. The fraction of sp³-hybridized carbons (Fsp3) is 0.304. The summed E-state index contributed by atoms with van der Waals surface area (Å²) >= 11 is 0. The number of aromatic hydroxyl groups is 1. The monoisotopic (exact) mass is 344 g/mol. The Hall–Kier alpha value is -2.52. The van der Waals surface area contributed by atoms with Gasteiger partial charge in [-0.25, -0.2) is 0 Å². The maximum absolute atomic E-state index is 9.55. The van der Waals surface area contributed by atoms with Gasteiger partial charge in [0.2, 0.25) is 0 Å². The number of fused-ring (bicyclic) bond motifs is 5. The maximum Gasteiger partial charge on any atom is 0.115 e. The van der Waals surface area contributed by atoms with Crippen LogP contribution in [0.15, 0.2) is 48.5 Å². The van der Waals surface area contributed by atoms with E-state index in [4.69, 9.17) is 0 Å². The van der Waals surface area contributed by atoms with E-state index in [-0.39, 0.29) is 0 Å². The first-order valence-corrected chi connectivity index (χ1v) is 9.56. The van der Waals surface area contributed by atoms with Crippen LogP contribution in [-0.2, 0) is 6.42 Å². The van der Waals surface area contributed by atoms with E-state index in [9.17, 15) is 5.11 Å². The summed E-state index contributed by atoms with van der Waals surface area (Å²) in [7, 11) is 0. The molecule has 2 aliphatic heterocycles. The highest BCUT2D eigenvalue weighted by Crippen LogP contribution is 2.43.